The van der Waals surface area contributed by atoms with Crippen LogP contribution in [0.15, 0.2) is 0 Å². The maximum absolute atomic E-state index is 5.25. The molecule has 1 aliphatic carbocycles. The van der Waals surface area contributed by atoms with Crippen LogP contribution in [0.5, 0.6) is 0 Å². The van der Waals surface area contributed by atoms with E-state index in [4.69, 9.17) is 4.74 Å². The Labute approximate surface area is 126 Å². The molecule has 0 bridgehead atoms. The first-order valence-corrected chi connectivity index (χ1v) is 8.46. The molecule has 0 amide bonds. The summed E-state index contributed by atoms with van der Waals surface area (Å²) in [6.45, 7) is 14.6. The summed E-state index contributed by atoms with van der Waals surface area (Å²) in [5, 5.41) is 3.70. The zero-order valence-electron chi connectivity index (χ0n) is 14.4. The molecule has 0 aliphatic heterocycles. The Balaban J connectivity index is 2.60. The summed E-state index contributed by atoms with van der Waals surface area (Å²) in [4.78, 5) is 2.57. The fourth-order valence-corrected chi connectivity index (χ4v) is 3.23. The van der Waals surface area contributed by atoms with Crippen molar-refractivity contribution < 1.29 is 4.74 Å². The van der Waals surface area contributed by atoms with Crippen molar-refractivity contribution in [2.75, 3.05) is 39.9 Å². The third-order valence-electron chi connectivity index (χ3n) is 4.84. The summed E-state index contributed by atoms with van der Waals surface area (Å²) in [5.41, 5.74) is 0.473. The molecule has 120 valence electrons. The van der Waals surface area contributed by atoms with Gasteiger partial charge in [0.15, 0.2) is 0 Å². The van der Waals surface area contributed by atoms with Crippen molar-refractivity contribution >= 4 is 0 Å². The van der Waals surface area contributed by atoms with Crippen molar-refractivity contribution in [1.29, 1.82) is 0 Å². The Morgan fingerprint density at radius 2 is 1.95 bits per heavy atom. The highest BCUT2D eigenvalue weighted by Crippen LogP contribution is 2.39. The van der Waals surface area contributed by atoms with E-state index in [2.05, 4.69) is 37.9 Å². The predicted octanol–water partition coefficient (Wildman–Crippen LogP) is 3.15. The summed E-state index contributed by atoms with van der Waals surface area (Å²) < 4.78 is 5.25. The molecule has 0 aromatic heterocycles. The second kappa shape index (κ2) is 9.01. The quantitative estimate of drug-likeness (QED) is 0.704. The Bertz CT molecular complexity index is 247. The molecule has 1 rings (SSSR count). The lowest BCUT2D eigenvalue weighted by Crippen LogP contribution is -2.48. The average Bonchev–Trinajstić information content (AvgIpc) is 2.44. The molecule has 0 aromatic rings. The van der Waals surface area contributed by atoms with Crippen LogP contribution in [0, 0.1) is 11.3 Å². The van der Waals surface area contributed by atoms with Crippen LogP contribution in [0.1, 0.15) is 53.4 Å². The lowest BCUT2D eigenvalue weighted by atomic mass is 9.70. The number of hydrogen-bond donors (Lipinski definition) is 1. The minimum absolute atomic E-state index is 0.473. The van der Waals surface area contributed by atoms with E-state index >= 15 is 0 Å². The Hall–Kier alpha value is -0.120. The molecule has 0 aromatic carbocycles. The van der Waals surface area contributed by atoms with Crippen molar-refractivity contribution in [2.45, 2.75) is 59.4 Å². The monoisotopic (exact) mass is 284 g/mol. The highest BCUT2D eigenvalue weighted by molar-refractivity contribution is 4.89. The topological polar surface area (TPSA) is 24.5 Å². The first-order valence-electron chi connectivity index (χ1n) is 8.46. The van der Waals surface area contributed by atoms with Crippen LogP contribution in [0.2, 0.25) is 0 Å². The van der Waals surface area contributed by atoms with Crippen LogP contribution < -0.4 is 5.32 Å². The summed E-state index contributed by atoms with van der Waals surface area (Å²) >= 11 is 0. The minimum atomic E-state index is 0.473. The molecular formula is C17H36N2O. The summed E-state index contributed by atoms with van der Waals surface area (Å²) in [7, 11) is 1.80. The summed E-state index contributed by atoms with van der Waals surface area (Å²) in [5.74, 6) is 0.913. The van der Waals surface area contributed by atoms with Crippen molar-refractivity contribution in [2.24, 2.45) is 11.3 Å². The fourth-order valence-electron chi connectivity index (χ4n) is 3.23. The third-order valence-corrected chi connectivity index (χ3v) is 4.84. The fraction of sp³-hybridized carbons (Fsp3) is 1.00. The SMILES string of the molecule is CCN(CCOC)CC1(CNC(C)C)CCC(C)CC1. The maximum Gasteiger partial charge on any atom is 0.0589 e. The van der Waals surface area contributed by atoms with E-state index in [9.17, 15) is 0 Å². The van der Waals surface area contributed by atoms with Crippen LogP contribution in [0.4, 0.5) is 0 Å². The highest BCUT2D eigenvalue weighted by atomic mass is 16.5. The van der Waals surface area contributed by atoms with Gasteiger partial charge >= 0.3 is 0 Å². The Morgan fingerprint density at radius 1 is 1.30 bits per heavy atom. The third kappa shape index (κ3) is 6.11. The lowest BCUT2D eigenvalue weighted by Gasteiger charge is -2.43. The molecule has 0 radical (unpaired) electrons. The number of ether oxygens (including phenoxy) is 1. The maximum atomic E-state index is 5.25. The molecule has 20 heavy (non-hydrogen) atoms. The average molecular weight is 284 g/mol. The normalized spacial score (nSPS) is 27.4. The molecule has 3 heteroatoms. The van der Waals surface area contributed by atoms with Gasteiger partial charge in [-0.2, -0.15) is 0 Å². The van der Waals surface area contributed by atoms with E-state index < -0.39 is 0 Å². The van der Waals surface area contributed by atoms with Gasteiger partial charge in [0.2, 0.25) is 0 Å². The number of likely N-dealkylation sites (N-methyl/N-ethyl adjacent to an activating group) is 1. The predicted molar refractivity (Wildman–Crippen MR) is 87.2 cm³/mol. The van der Waals surface area contributed by atoms with Crippen LogP contribution in [0.25, 0.3) is 0 Å². The van der Waals surface area contributed by atoms with E-state index in [0.717, 1.165) is 25.6 Å². The Morgan fingerprint density at radius 3 is 2.45 bits per heavy atom. The van der Waals surface area contributed by atoms with Gasteiger partial charge in [0, 0.05) is 32.8 Å². The van der Waals surface area contributed by atoms with Crippen molar-refractivity contribution in [3.63, 3.8) is 0 Å². The van der Waals surface area contributed by atoms with Crippen LogP contribution >= 0.6 is 0 Å². The largest absolute Gasteiger partial charge is 0.383 e. The van der Waals surface area contributed by atoms with Crippen molar-refractivity contribution in [3.8, 4) is 0 Å². The van der Waals surface area contributed by atoms with Gasteiger partial charge in [-0.3, -0.25) is 0 Å². The molecule has 1 aliphatic rings. The van der Waals surface area contributed by atoms with E-state index in [-0.39, 0.29) is 0 Å². The molecule has 0 saturated heterocycles. The number of methoxy groups -OCH3 is 1. The highest BCUT2D eigenvalue weighted by Gasteiger charge is 2.35. The number of hydrogen-bond acceptors (Lipinski definition) is 3. The molecule has 1 saturated carbocycles. The zero-order valence-corrected chi connectivity index (χ0v) is 14.4. The van der Waals surface area contributed by atoms with Crippen LogP contribution in [0.3, 0.4) is 0 Å². The number of nitrogens with zero attached hydrogens (tertiary/aromatic N) is 1. The lowest BCUT2D eigenvalue weighted by molar-refractivity contribution is 0.0696. The molecular weight excluding hydrogens is 248 g/mol. The van der Waals surface area contributed by atoms with E-state index in [1.54, 1.807) is 7.11 Å². The first kappa shape index (κ1) is 17.9. The van der Waals surface area contributed by atoms with E-state index in [1.165, 1.54) is 38.8 Å². The van der Waals surface area contributed by atoms with E-state index in [1.807, 2.05) is 0 Å². The van der Waals surface area contributed by atoms with Gasteiger partial charge in [0.1, 0.15) is 0 Å². The van der Waals surface area contributed by atoms with Crippen LogP contribution in [-0.2, 0) is 4.74 Å². The summed E-state index contributed by atoms with van der Waals surface area (Å²) in [6.07, 6.45) is 5.53. The molecule has 0 heterocycles. The number of rotatable bonds is 9. The Kier molecular flexibility index (Phi) is 8.08. The molecule has 0 spiro atoms. The number of nitrogens with one attached hydrogen (secondary N) is 1. The van der Waals surface area contributed by atoms with Gasteiger partial charge < -0.3 is 15.0 Å². The molecule has 0 unspecified atom stereocenters. The molecule has 1 N–H and O–H groups in total. The summed E-state index contributed by atoms with van der Waals surface area (Å²) in [6, 6.07) is 0.584. The zero-order chi connectivity index (χ0) is 15.0. The molecule has 3 nitrogen and oxygen atoms in total. The first-order chi connectivity index (χ1) is 9.51. The van der Waals surface area contributed by atoms with Crippen molar-refractivity contribution in [1.82, 2.24) is 10.2 Å². The van der Waals surface area contributed by atoms with Gasteiger partial charge in [0.25, 0.3) is 0 Å². The second-order valence-electron chi connectivity index (χ2n) is 7.08. The van der Waals surface area contributed by atoms with Gasteiger partial charge in [-0.1, -0.05) is 40.5 Å². The van der Waals surface area contributed by atoms with E-state index in [0.29, 0.717) is 11.5 Å². The second-order valence-corrected chi connectivity index (χ2v) is 7.08. The van der Waals surface area contributed by atoms with Gasteiger partial charge in [-0.05, 0) is 30.7 Å². The standard InChI is InChI=1S/C17H36N2O/c1-6-19(11-12-20-5)14-17(13-18-15(2)3)9-7-16(4)8-10-17/h15-16,18H,6-14H2,1-5H3. The van der Waals surface area contributed by atoms with Gasteiger partial charge in [0.05, 0.1) is 6.61 Å². The molecule has 1 fully saturated rings. The van der Waals surface area contributed by atoms with Gasteiger partial charge in [-0.15, -0.1) is 0 Å². The van der Waals surface area contributed by atoms with Crippen LogP contribution in [-0.4, -0.2) is 50.8 Å². The smallest absolute Gasteiger partial charge is 0.0589 e. The van der Waals surface area contributed by atoms with Crippen molar-refractivity contribution in [3.05, 3.63) is 0 Å². The minimum Gasteiger partial charge on any atom is -0.383 e. The molecule has 0 atom stereocenters. The van der Waals surface area contributed by atoms with Gasteiger partial charge in [-0.25, -0.2) is 0 Å².